The number of fused-ring (bicyclic) bond motifs is 1. The fourth-order valence-electron chi connectivity index (χ4n) is 2.61. The van der Waals surface area contributed by atoms with Crippen LogP contribution in [0.3, 0.4) is 0 Å². The monoisotopic (exact) mass is 418 g/mol. The SMILES string of the molecule is CC(=O)Nc1ccc(NC(=O)CSc2cccc3cccc(Cl)c23)c(Cl)c1. The first-order valence-electron chi connectivity index (χ1n) is 8.11. The minimum absolute atomic E-state index is 0.182. The van der Waals surface area contributed by atoms with E-state index in [9.17, 15) is 9.59 Å². The van der Waals surface area contributed by atoms with Gasteiger partial charge in [0.2, 0.25) is 11.8 Å². The van der Waals surface area contributed by atoms with Crippen molar-refractivity contribution in [3.8, 4) is 0 Å². The Bertz CT molecular complexity index is 1020. The maximum Gasteiger partial charge on any atom is 0.234 e. The third kappa shape index (κ3) is 4.95. The number of thioether (sulfide) groups is 1. The molecule has 0 radical (unpaired) electrons. The zero-order valence-electron chi connectivity index (χ0n) is 14.4. The lowest BCUT2D eigenvalue weighted by molar-refractivity contribution is -0.114. The predicted molar refractivity (Wildman–Crippen MR) is 114 cm³/mol. The maximum absolute atomic E-state index is 12.3. The Labute approximate surface area is 171 Å². The van der Waals surface area contributed by atoms with Crippen molar-refractivity contribution in [2.45, 2.75) is 11.8 Å². The van der Waals surface area contributed by atoms with E-state index in [1.54, 1.807) is 18.2 Å². The van der Waals surface area contributed by atoms with Gasteiger partial charge in [0.25, 0.3) is 0 Å². The molecule has 0 fully saturated rings. The number of halogens is 2. The van der Waals surface area contributed by atoms with E-state index in [0.717, 1.165) is 15.7 Å². The van der Waals surface area contributed by atoms with Gasteiger partial charge >= 0.3 is 0 Å². The van der Waals surface area contributed by atoms with Crippen LogP contribution >= 0.6 is 35.0 Å². The number of hydrogen-bond acceptors (Lipinski definition) is 3. The summed E-state index contributed by atoms with van der Waals surface area (Å²) in [6.07, 6.45) is 0. The molecule has 0 unspecified atom stereocenters. The normalized spacial score (nSPS) is 10.6. The van der Waals surface area contributed by atoms with E-state index in [2.05, 4.69) is 10.6 Å². The average molecular weight is 419 g/mol. The Hall–Kier alpha value is -2.21. The van der Waals surface area contributed by atoms with E-state index in [1.165, 1.54) is 18.7 Å². The van der Waals surface area contributed by atoms with E-state index in [0.29, 0.717) is 21.4 Å². The van der Waals surface area contributed by atoms with E-state index in [-0.39, 0.29) is 17.6 Å². The molecule has 0 saturated carbocycles. The van der Waals surface area contributed by atoms with Gasteiger partial charge in [0, 0.05) is 27.9 Å². The van der Waals surface area contributed by atoms with Crippen LogP contribution in [0.25, 0.3) is 10.8 Å². The summed E-state index contributed by atoms with van der Waals surface area (Å²) in [7, 11) is 0. The highest BCUT2D eigenvalue weighted by Crippen LogP contribution is 2.33. The van der Waals surface area contributed by atoms with Gasteiger partial charge in [-0.2, -0.15) is 0 Å². The molecular weight excluding hydrogens is 403 g/mol. The summed E-state index contributed by atoms with van der Waals surface area (Å²) >= 11 is 13.9. The number of nitrogens with one attached hydrogen (secondary N) is 2. The Morgan fingerprint density at radius 3 is 2.41 bits per heavy atom. The van der Waals surface area contributed by atoms with Gasteiger partial charge in [-0.1, -0.05) is 47.5 Å². The number of carbonyl (C=O) groups is 2. The van der Waals surface area contributed by atoms with E-state index in [1.807, 2.05) is 36.4 Å². The standard InChI is InChI=1S/C20H16Cl2N2O2S/c1-12(25)23-14-8-9-17(16(22)10-14)24-19(26)11-27-18-7-3-5-13-4-2-6-15(21)20(13)18/h2-10H,11H2,1H3,(H,23,25)(H,24,26). The molecule has 0 aliphatic rings. The first-order chi connectivity index (χ1) is 12.9. The molecule has 2 amide bonds. The van der Waals surface area contributed by atoms with Crippen molar-refractivity contribution in [3.63, 3.8) is 0 Å². The van der Waals surface area contributed by atoms with E-state index >= 15 is 0 Å². The fraction of sp³-hybridized carbons (Fsp3) is 0.100. The molecule has 0 spiro atoms. The molecule has 3 rings (SSSR count). The van der Waals surface area contributed by atoms with Crippen molar-refractivity contribution in [1.82, 2.24) is 0 Å². The zero-order chi connectivity index (χ0) is 19.4. The summed E-state index contributed by atoms with van der Waals surface area (Å²) in [5.41, 5.74) is 1.07. The Morgan fingerprint density at radius 2 is 1.70 bits per heavy atom. The smallest absolute Gasteiger partial charge is 0.234 e. The number of benzene rings is 3. The van der Waals surface area contributed by atoms with Crippen LogP contribution in [0.2, 0.25) is 10.0 Å². The minimum atomic E-state index is -0.187. The van der Waals surface area contributed by atoms with Gasteiger partial charge in [0.05, 0.1) is 16.5 Å². The molecule has 138 valence electrons. The minimum Gasteiger partial charge on any atom is -0.326 e. The van der Waals surface area contributed by atoms with Gasteiger partial charge in [-0.25, -0.2) is 0 Å². The third-order valence-corrected chi connectivity index (χ3v) is 5.42. The highest BCUT2D eigenvalue weighted by atomic mass is 35.5. The number of anilines is 2. The lowest BCUT2D eigenvalue weighted by atomic mass is 10.1. The maximum atomic E-state index is 12.3. The molecule has 2 N–H and O–H groups in total. The molecule has 3 aromatic carbocycles. The molecule has 0 aliphatic carbocycles. The van der Waals surface area contributed by atoms with E-state index < -0.39 is 0 Å². The van der Waals surface area contributed by atoms with Crippen LogP contribution in [0, 0.1) is 0 Å². The Balaban J connectivity index is 1.68. The fourth-order valence-corrected chi connectivity index (χ4v) is 4.08. The molecular formula is C20H16Cl2N2O2S. The van der Waals surface area contributed by atoms with Crippen molar-refractivity contribution in [2.75, 3.05) is 16.4 Å². The molecule has 0 aliphatic heterocycles. The summed E-state index contributed by atoms with van der Waals surface area (Å²) in [6, 6.07) is 16.5. The van der Waals surface area contributed by atoms with Crippen molar-refractivity contribution in [2.24, 2.45) is 0 Å². The van der Waals surface area contributed by atoms with Crippen LogP contribution < -0.4 is 10.6 Å². The lowest BCUT2D eigenvalue weighted by Gasteiger charge is -2.10. The molecule has 27 heavy (non-hydrogen) atoms. The molecule has 0 saturated heterocycles. The Morgan fingerprint density at radius 1 is 0.963 bits per heavy atom. The van der Waals surface area contributed by atoms with Crippen molar-refractivity contribution < 1.29 is 9.59 Å². The van der Waals surface area contributed by atoms with Crippen LogP contribution in [-0.2, 0) is 9.59 Å². The summed E-state index contributed by atoms with van der Waals surface area (Å²) in [6.45, 7) is 1.42. The van der Waals surface area contributed by atoms with Crippen LogP contribution in [0.5, 0.6) is 0 Å². The van der Waals surface area contributed by atoms with Crippen LogP contribution in [-0.4, -0.2) is 17.6 Å². The van der Waals surface area contributed by atoms with Crippen molar-refractivity contribution in [3.05, 3.63) is 64.6 Å². The number of rotatable bonds is 5. The largest absolute Gasteiger partial charge is 0.326 e. The van der Waals surface area contributed by atoms with Crippen LogP contribution in [0.4, 0.5) is 11.4 Å². The zero-order valence-corrected chi connectivity index (χ0v) is 16.7. The first kappa shape index (κ1) is 19.5. The topological polar surface area (TPSA) is 58.2 Å². The third-order valence-electron chi connectivity index (χ3n) is 3.74. The van der Waals surface area contributed by atoms with Gasteiger partial charge in [-0.15, -0.1) is 11.8 Å². The van der Waals surface area contributed by atoms with Gasteiger partial charge in [0.15, 0.2) is 0 Å². The molecule has 4 nitrogen and oxygen atoms in total. The van der Waals surface area contributed by atoms with Gasteiger partial charge < -0.3 is 10.6 Å². The summed E-state index contributed by atoms with van der Waals surface area (Å²) < 4.78 is 0. The van der Waals surface area contributed by atoms with E-state index in [4.69, 9.17) is 23.2 Å². The van der Waals surface area contributed by atoms with Gasteiger partial charge in [-0.05, 0) is 35.7 Å². The Kier molecular flexibility index (Phi) is 6.26. The number of carbonyl (C=O) groups excluding carboxylic acids is 2. The lowest BCUT2D eigenvalue weighted by Crippen LogP contribution is -2.14. The van der Waals surface area contributed by atoms with Gasteiger partial charge in [-0.3, -0.25) is 9.59 Å². The highest BCUT2D eigenvalue weighted by molar-refractivity contribution is 8.00. The molecule has 0 bridgehead atoms. The highest BCUT2D eigenvalue weighted by Gasteiger charge is 2.10. The van der Waals surface area contributed by atoms with Crippen molar-refractivity contribution in [1.29, 1.82) is 0 Å². The second-order valence-corrected chi connectivity index (χ2v) is 7.64. The van der Waals surface area contributed by atoms with Crippen LogP contribution in [0.15, 0.2) is 59.5 Å². The summed E-state index contributed by atoms with van der Waals surface area (Å²) in [5.74, 6) is -0.153. The quantitative estimate of drug-likeness (QED) is 0.511. The van der Waals surface area contributed by atoms with Crippen LogP contribution in [0.1, 0.15) is 6.92 Å². The number of amides is 2. The number of hydrogen-bond donors (Lipinski definition) is 2. The van der Waals surface area contributed by atoms with Crippen molar-refractivity contribution >= 4 is 68.9 Å². The summed E-state index contributed by atoms with van der Waals surface area (Å²) in [5, 5.41) is 8.42. The predicted octanol–water partition coefficient (Wildman–Crippen LogP) is 5.84. The molecule has 3 aromatic rings. The molecule has 0 heterocycles. The average Bonchev–Trinajstić information content (AvgIpc) is 2.62. The molecule has 0 atom stereocenters. The van der Waals surface area contributed by atoms with Gasteiger partial charge in [0.1, 0.15) is 0 Å². The molecule has 0 aromatic heterocycles. The summed E-state index contributed by atoms with van der Waals surface area (Å²) in [4.78, 5) is 24.4. The second kappa shape index (κ2) is 8.65. The molecule has 7 heteroatoms. The second-order valence-electron chi connectivity index (χ2n) is 5.81. The first-order valence-corrected chi connectivity index (χ1v) is 9.85.